The van der Waals surface area contributed by atoms with Gasteiger partial charge < -0.3 is 14.9 Å². The van der Waals surface area contributed by atoms with E-state index in [4.69, 9.17) is 4.74 Å². The van der Waals surface area contributed by atoms with Crippen LogP contribution < -0.4 is 0 Å². The summed E-state index contributed by atoms with van der Waals surface area (Å²) < 4.78 is 6.62. The first kappa shape index (κ1) is 18.7. The van der Waals surface area contributed by atoms with E-state index in [0.717, 1.165) is 36.6 Å². The number of rotatable bonds is 4. The minimum atomic E-state index is -1.03. The zero-order valence-corrected chi connectivity index (χ0v) is 17.9. The molecule has 2 heterocycles. The number of piperidine rings is 1. The Balaban J connectivity index is 1.33. The number of aliphatic hydroxyl groups excluding tert-OH is 1. The average Bonchev–Trinajstić information content (AvgIpc) is 3.51. The van der Waals surface area contributed by atoms with E-state index in [1.165, 1.54) is 30.5 Å². The fourth-order valence-electron chi connectivity index (χ4n) is 7.39. The van der Waals surface area contributed by atoms with Crippen LogP contribution >= 0.6 is 0 Å². The van der Waals surface area contributed by atoms with Gasteiger partial charge in [-0.15, -0.1) is 0 Å². The molecule has 2 N–H and O–H groups in total. The Hall–Kier alpha value is -1.88. The molecule has 0 aromatic heterocycles. The lowest BCUT2D eigenvalue weighted by Gasteiger charge is -2.58. The summed E-state index contributed by atoms with van der Waals surface area (Å²) in [5, 5.41) is 22.9. The van der Waals surface area contributed by atoms with Crippen molar-refractivity contribution in [3.63, 3.8) is 0 Å². The average molecular weight is 418 g/mol. The van der Waals surface area contributed by atoms with Gasteiger partial charge in [0.25, 0.3) is 0 Å². The van der Waals surface area contributed by atoms with E-state index in [-0.39, 0.29) is 11.5 Å². The van der Waals surface area contributed by atoms with E-state index in [0.29, 0.717) is 24.8 Å². The molecular formula is C27H31NO3. The lowest BCUT2D eigenvalue weighted by Crippen LogP contribution is -2.63. The molecule has 31 heavy (non-hydrogen) atoms. The van der Waals surface area contributed by atoms with Gasteiger partial charge >= 0.3 is 0 Å². The fourth-order valence-corrected chi connectivity index (χ4v) is 7.39. The first-order valence-electron chi connectivity index (χ1n) is 12.1. The van der Waals surface area contributed by atoms with Crippen LogP contribution in [0.15, 0.2) is 65.5 Å². The van der Waals surface area contributed by atoms with Gasteiger partial charge in [0.05, 0.1) is 0 Å². The normalized spacial score (nSPS) is 42.8. The molecule has 6 atom stereocenters. The Kier molecular flexibility index (Phi) is 3.82. The molecule has 2 aliphatic heterocycles. The second-order valence-corrected chi connectivity index (χ2v) is 10.8. The van der Waals surface area contributed by atoms with Gasteiger partial charge in [0.15, 0.2) is 0 Å². The molecule has 1 aromatic rings. The summed E-state index contributed by atoms with van der Waals surface area (Å²) in [6.07, 6.45) is 11.6. The Morgan fingerprint density at radius 1 is 1.13 bits per heavy atom. The van der Waals surface area contributed by atoms with Gasteiger partial charge in [-0.05, 0) is 49.3 Å². The molecule has 0 radical (unpaired) electrons. The minimum absolute atomic E-state index is 0.191. The maximum absolute atomic E-state index is 11.9. The molecule has 162 valence electrons. The Bertz CT molecular complexity index is 1010. The smallest absolute Gasteiger partial charge is 0.138 e. The Morgan fingerprint density at radius 2 is 1.97 bits per heavy atom. The third-order valence-corrected chi connectivity index (χ3v) is 8.95. The van der Waals surface area contributed by atoms with E-state index < -0.39 is 11.7 Å². The number of ether oxygens (including phenoxy) is 1. The number of nitrogens with zero attached hydrogens (tertiary/aromatic N) is 1. The minimum Gasteiger partial charge on any atom is -0.487 e. The second-order valence-electron chi connectivity index (χ2n) is 10.8. The van der Waals surface area contributed by atoms with Crippen LogP contribution in [0.4, 0.5) is 0 Å². The van der Waals surface area contributed by atoms with Crippen LogP contribution in [-0.4, -0.2) is 52.1 Å². The second kappa shape index (κ2) is 6.34. The molecule has 1 aromatic carbocycles. The van der Waals surface area contributed by atoms with Crippen molar-refractivity contribution >= 4 is 0 Å². The van der Waals surface area contributed by atoms with Gasteiger partial charge in [-0.25, -0.2) is 0 Å². The molecule has 1 unspecified atom stereocenters. The van der Waals surface area contributed by atoms with Crippen molar-refractivity contribution < 1.29 is 14.9 Å². The Labute approximate surface area is 183 Å². The maximum Gasteiger partial charge on any atom is 0.138 e. The molecular weight excluding hydrogens is 386 g/mol. The van der Waals surface area contributed by atoms with Crippen molar-refractivity contribution in [2.45, 2.75) is 62.4 Å². The number of benzene rings is 1. The highest BCUT2D eigenvalue weighted by Crippen LogP contribution is 2.66. The molecule has 2 bridgehead atoms. The summed E-state index contributed by atoms with van der Waals surface area (Å²) in [4.78, 5) is 2.73. The van der Waals surface area contributed by atoms with Crippen LogP contribution in [0.5, 0.6) is 0 Å². The lowest BCUT2D eigenvalue weighted by molar-refractivity contribution is -0.106. The Morgan fingerprint density at radius 3 is 2.77 bits per heavy atom. The van der Waals surface area contributed by atoms with Crippen LogP contribution in [0.3, 0.4) is 0 Å². The zero-order valence-electron chi connectivity index (χ0n) is 17.9. The third-order valence-electron chi connectivity index (χ3n) is 8.95. The van der Waals surface area contributed by atoms with Crippen LogP contribution in [0.1, 0.15) is 37.7 Å². The van der Waals surface area contributed by atoms with E-state index in [1.54, 1.807) is 0 Å². The third kappa shape index (κ3) is 2.53. The van der Waals surface area contributed by atoms with Gasteiger partial charge in [0.2, 0.25) is 0 Å². The van der Waals surface area contributed by atoms with Crippen molar-refractivity contribution in [3.8, 4) is 0 Å². The van der Waals surface area contributed by atoms with Crippen molar-refractivity contribution in [2.24, 2.45) is 17.3 Å². The maximum atomic E-state index is 11.9. The van der Waals surface area contributed by atoms with Crippen molar-refractivity contribution in [1.29, 1.82) is 0 Å². The molecule has 3 fully saturated rings. The van der Waals surface area contributed by atoms with Gasteiger partial charge in [0.1, 0.15) is 23.6 Å². The van der Waals surface area contributed by atoms with Gasteiger partial charge in [-0.2, -0.15) is 0 Å². The predicted molar refractivity (Wildman–Crippen MR) is 118 cm³/mol. The number of hydrogen-bond donors (Lipinski definition) is 2. The molecule has 0 amide bonds. The summed E-state index contributed by atoms with van der Waals surface area (Å²) in [7, 11) is 0. The van der Waals surface area contributed by atoms with E-state index in [2.05, 4.69) is 29.2 Å². The molecule has 4 aliphatic carbocycles. The monoisotopic (exact) mass is 417 g/mol. The number of likely N-dealkylation sites (tertiary alicyclic amines) is 1. The molecule has 4 nitrogen and oxygen atoms in total. The van der Waals surface area contributed by atoms with Crippen molar-refractivity contribution in [3.05, 3.63) is 71.0 Å². The topological polar surface area (TPSA) is 52.9 Å². The highest BCUT2D eigenvalue weighted by atomic mass is 16.5. The van der Waals surface area contributed by atoms with Crippen LogP contribution in [0.25, 0.3) is 0 Å². The first-order valence-corrected chi connectivity index (χ1v) is 12.1. The van der Waals surface area contributed by atoms with Crippen molar-refractivity contribution in [1.82, 2.24) is 4.90 Å². The largest absolute Gasteiger partial charge is 0.487 e. The molecule has 4 heteroatoms. The van der Waals surface area contributed by atoms with E-state index in [9.17, 15) is 10.2 Å². The van der Waals surface area contributed by atoms with Gasteiger partial charge in [0, 0.05) is 42.3 Å². The van der Waals surface area contributed by atoms with Gasteiger partial charge in [-0.3, -0.25) is 4.90 Å². The summed E-state index contributed by atoms with van der Waals surface area (Å²) in [6, 6.07) is 10.7. The van der Waals surface area contributed by atoms with E-state index in [1.807, 2.05) is 24.3 Å². The molecule has 6 aliphatic rings. The highest BCUT2D eigenvalue weighted by Gasteiger charge is 2.67. The standard InChI is InChI=1S/C27H31NO3/c29-22-9-8-20-21-14-19-10-11-26(30,15-17-4-2-1-3-5-17)25-23(19)27(20,24(22)31-25)12-13-28(21)16-18-6-7-18/h1-5,8-10,18,20-22,24,29-30H,6-7,11-16H2/t20-,21+,22-,24-,26?,27-/m0/s1. The fraction of sp³-hybridized carbons (Fsp3) is 0.556. The lowest BCUT2D eigenvalue weighted by atomic mass is 9.50. The molecule has 1 saturated heterocycles. The SMILES string of the molecule is O[C@H]1C=C[C@H]2[C@H]3CC4=CCC(O)(Cc5ccccc5)C5=C4[C@@]2(CCN3CC2CC2)[C@H]1O5. The predicted octanol–water partition coefficient (Wildman–Crippen LogP) is 3.36. The molecule has 2 saturated carbocycles. The van der Waals surface area contributed by atoms with Gasteiger partial charge in [-0.1, -0.05) is 48.6 Å². The first-order chi connectivity index (χ1) is 15.1. The summed E-state index contributed by atoms with van der Waals surface area (Å²) >= 11 is 0. The molecule has 1 spiro atoms. The summed E-state index contributed by atoms with van der Waals surface area (Å²) in [6.45, 7) is 2.29. The number of hydrogen-bond acceptors (Lipinski definition) is 4. The van der Waals surface area contributed by atoms with Crippen LogP contribution in [-0.2, 0) is 11.2 Å². The van der Waals surface area contributed by atoms with Crippen LogP contribution in [0, 0.1) is 17.3 Å². The van der Waals surface area contributed by atoms with Crippen molar-refractivity contribution in [2.75, 3.05) is 13.1 Å². The summed E-state index contributed by atoms with van der Waals surface area (Å²) in [5.41, 5.74) is 2.52. The quantitative estimate of drug-likeness (QED) is 0.738. The molecule has 7 rings (SSSR count). The van der Waals surface area contributed by atoms with Crippen LogP contribution in [0.2, 0.25) is 0 Å². The summed E-state index contributed by atoms with van der Waals surface area (Å²) in [5.74, 6) is 2.00. The highest BCUT2D eigenvalue weighted by molar-refractivity contribution is 5.55. The zero-order chi connectivity index (χ0) is 20.8. The van der Waals surface area contributed by atoms with E-state index >= 15 is 0 Å². The number of aliphatic hydroxyl groups is 2.